The minimum atomic E-state index is -4.53. The summed E-state index contributed by atoms with van der Waals surface area (Å²) in [5.41, 5.74) is 0. The monoisotopic (exact) mass is 388 g/mol. The summed E-state index contributed by atoms with van der Waals surface area (Å²) in [5, 5.41) is 3.84. The Hall–Kier alpha value is 0.220. The maximum Gasteiger partial charge on any atom is 0.513 e. The number of unbranched alkanes of at least 4 members (excludes halogenated alkanes) is 7. The Bertz CT molecular complexity index is 431. The highest BCUT2D eigenvalue weighted by Gasteiger charge is 2.45. The molecule has 1 fully saturated rings. The Morgan fingerprint density at radius 2 is 1.54 bits per heavy atom. The highest BCUT2D eigenvalue weighted by atomic mass is 31.3. The third-order valence-corrected chi connectivity index (χ3v) is 6.60. The van der Waals surface area contributed by atoms with Crippen molar-refractivity contribution in [2.75, 3.05) is 6.61 Å². The average molecular weight is 388 g/mol. The molecule has 1 rings (SSSR count). The molecule has 1 aliphatic rings. The first kappa shape index (κ1) is 22.3. The van der Waals surface area contributed by atoms with Gasteiger partial charge >= 0.3 is 15.6 Å². The average Bonchev–Trinajstić information content (AvgIpc) is 2.51. The van der Waals surface area contributed by atoms with E-state index in [0.717, 1.165) is 25.2 Å². The lowest BCUT2D eigenvalue weighted by Gasteiger charge is -2.21. The van der Waals surface area contributed by atoms with Crippen molar-refractivity contribution in [2.24, 2.45) is 5.92 Å². The molecule has 144 valence electrons. The quantitative estimate of drug-likeness (QED) is 0.244. The van der Waals surface area contributed by atoms with E-state index in [1.807, 2.05) is 0 Å². The standard InChI is InChI=1S/C14H30O8P2/c1-3-14(2)12-10-8-6-4-5-7-9-11-13-18-24(17)21-19-20-23(15,16)22-24/h14H,3-13H2,1-2H3,(H,15,16). The van der Waals surface area contributed by atoms with Crippen LogP contribution in [0.15, 0.2) is 0 Å². The molecule has 0 spiro atoms. The Labute approximate surface area is 144 Å². The smallest absolute Gasteiger partial charge is 0.301 e. The van der Waals surface area contributed by atoms with Crippen molar-refractivity contribution in [1.29, 1.82) is 0 Å². The van der Waals surface area contributed by atoms with Gasteiger partial charge in [0.05, 0.1) is 6.61 Å². The summed E-state index contributed by atoms with van der Waals surface area (Å²) in [5.74, 6) is 0.839. The molecule has 3 unspecified atom stereocenters. The molecular formula is C14H30O8P2. The molecule has 0 aromatic heterocycles. The lowest BCUT2D eigenvalue weighted by atomic mass is 10.00. The Morgan fingerprint density at radius 3 is 2.12 bits per heavy atom. The largest absolute Gasteiger partial charge is 0.513 e. The molecule has 0 aromatic carbocycles. The molecule has 0 amide bonds. The third kappa shape index (κ3) is 10.3. The van der Waals surface area contributed by atoms with Crippen molar-refractivity contribution in [3.05, 3.63) is 0 Å². The van der Waals surface area contributed by atoms with Crippen LogP contribution in [-0.4, -0.2) is 11.5 Å². The molecule has 1 aliphatic heterocycles. The fraction of sp³-hybridized carbons (Fsp3) is 1.00. The van der Waals surface area contributed by atoms with Crippen LogP contribution >= 0.6 is 15.6 Å². The van der Waals surface area contributed by atoms with Crippen LogP contribution in [0.1, 0.15) is 78.1 Å². The maximum absolute atomic E-state index is 11.8. The molecule has 0 bridgehead atoms. The van der Waals surface area contributed by atoms with E-state index in [-0.39, 0.29) is 6.61 Å². The van der Waals surface area contributed by atoms with Crippen LogP contribution in [0.25, 0.3) is 0 Å². The van der Waals surface area contributed by atoms with E-state index >= 15 is 0 Å². The molecule has 10 heteroatoms. The van der Waals surface area contributed by atoms with Gasteiger partial charge in [0.15, 0.2) is 0 Å². The van der Waals surface area contributed by atoms with Crippen molar-refractivity contribution < 1.29 is 37.2 Å². The van der Waals surface area contributed by atoms with E-state index in [1.165, 1.54) is 38.5 Å². The predicted octanol–water partition coefficient (Wildman–Crippen LogP) is 5.68. The minimum Gasteiger partial charge on any atom is -0.301 e. The zero-order valence-corrected chi connectivity index (χ0v) is 16.3. The topological polar surface area (TPSA) is 101 Å². The van der Waals surface area contributed by atoms with Gasteiger partial charge in [0.2, 0.25) is 0 Å². The van der Waals surface area contributed by atoms with Crippen LogP contribution in [0.4, 0.5) is 0 Å². The van der Waals surface area contributed by atoms with Gasteiger partial charge in [-0.25, -0.2) is 9.13 Å². The zero-order valence-electron chi connectivity index (χ0n) is 14.6. The second-order valence-electron chi connectivity index (χ2n) is 6.18. The van der Waals surface area contributed by atoms with Crippen LogP contribution < -0.4 is 0 Å². The van der Waals surface area contributed by atoms with Gasteiger partial charge in [0, 0.05) is 0 Å². The van der Waals surface area contributed by atoms with Gasteiger partial charge in [-0.2, -0.15) is 4.31 Å². The van der Waals surface area contributed by atoms with E-state index < -0.39 is 15.6 Å². The molecule has 0 aromatic rings. The Morgan fingerprint density at radius 1 is 0.958 bits per heavy atom. The van der Waals surface area contributed by atoms with Gasteiger partial charge in [0.1, 0.15) is 0 Å². The summed E-state index contributed by atoms with van der Waals surface area (Å²) in [4.78, 5) is 8.97. The van der Waals surface area contributed by atoms with Crippen molar-refractivity contribution in [3.63, 3.8) is 0 Å². The van der Waals surface area contributed by atoms with Crippen LogP contribution in [0.2, 0.25) is 0 Å². The first-order valence-corrected chi connectivity index (χ1v) is 11.7. The van der Waals surface area contributed by atoms with E-state index in [4.69, 9.17) is 9.42 Å². The van der Waals surface area contributed by atoms with Crippen LogP contribution in [0.3, 0.4) is 0 Å². The van der Waals surface area contributed by atoms with E-state index in [2.05, 4.69) is 32.5 Å². The second kappa shape index (κ2) is 11.8. The summed E-state index contributed by atoms with van der Waals surface area (Å²) in [6.07, 6.45) is 11.5. The first-order chi connectivity index (χ1) is 11.4. The summed E-state index contributed by atoms with van der Waals surface area (Å²) >= 11 is 0. The van der Waals surface area contributed by atoms with Crippen molar-refractivity contribution in [2.45, 2.75) is 78.1 Å². The third-order valence-electron chi connectivity index (χ3n) is 3.99. The van der Waals surface area contributed by atoms with Gasteiger partial charge in [-0.05, 0) is 17.4 Å². The molecule has 1 heterocycles. The summed E-state index contributed by atoms with van der Waals surface area (Å²) < 4.78 is 39.9. The van der Waals surface area contributed by atoms with Gasteiger partial charge in [-0.3, -0.25) is 4.52 Å². The van der Waals surface area contributed by atoms with Gasteiger partial charge in [-0.15, -0.1) is 0 Å². The lowest BCUT2D eigenvalue weighted by molar-refractivity contribution is -0.437. The molecule has 0 radical (unpaired) electrons. The normalized spacial score (nSPS) is 28.8. The fourth-order valence-corrected chi connectivity index (χ4v) is 4.40. The summed E-state index contributed by atoms with van der Waals surface area (Å²) in [6, 6.07) is 0. The molecule has 1 N–H and O–H groups in total. The molecule has 8 nitrogen and oxygen atoms in total. The molecule has 0 aliphatic carbocycles. The van der Waals surface area contributed by atoms with E-state index in [9.17, 15) is 9.13 Å². The van der Waals surface area contributed by atoms with Crippen LogP contribution in [0.5, 0.6) is 0 Å². The second-order valence-corrected chi connectivity index (χ2v) is 9.22. The minimum absolute atomic E-state index is 0.0928. The Balaban J connectivity index is 1.92. The molecule has 24 heavy (non-hydrogen) atoms. The fourth-order valence-electron chi connectivity index (χ4n) is 2.32. The van der Waals surface area contributed by atoms with Gasteiger partial charge in [-0.1, -0.05) is 81.0 Å². The number of hydrogen-bond donors (Lipinski definition) is 1. The van der Waals surface area contributed by atoms with Crippen molar-refractivity contribution in [1.82, 2.24) is 0 Å². The maximum atomic E-state index is 11.8. The molecule has 3 atom stereocenters. The molecule has 0 saturated carbocycles. The van der Waals surface area contributed by atoms with Gasteiger partial charge in [0.25, 0.3) is 0 Å². The molecular weight excluding hydrogens is 358 g/mol. The number of phosphoric acid groups is 2. The van der Waals surface area contributed by atoms with Crippen LogP contribution in [0, 0.1) is 5.92 Å². The SMILES string of the molecule is CCC(C)CCCCCCCCCCOP1(=O)OOOP(=O)(O)O1. The summed E-state index contributed by atoms with van der Waals surface area (Å²) in [6.45, 7) is 4.63. The van der Waals surface area contributed by atoms with Crippen molar-refractivity contribution >= 4 is 15.6 Å². The van der Waals surface area contributed by atoms with E-state index in [0.29, 0.717) is 6.42 Å². The van der Waals surface area contributed by atoms with Crippen LogP contribution in [-0.2, 0) is 32.4 Å². The Kier molecular flexibility index (Phi) is 10.9. The van der Waals surface area contributed by atoms with Gasteiger partial charge < -0.3 is 4.89 Å². The van der Waals surface area contributed by atoms with Crippen molar-refractivity contribution in [3.8, 4) is 0 Å². The highest BCUT2D eigenvalue weighted by molar-refractivity contribution is 7.61. The first-order valence-electron chi connectivity index (χ1n) is 8.70. The number of rotatable bonds is 13. The lowest BCUT2D eigenvalue weighted by Crippen LogP contribution is -2.08. The highest BCUT2D eigenvalue weighted by Crippen LogP contribution is 2.67. The molecule has 1 saturated heterocycles. The summed E-state index contributed by atoms with van der Waals surface area (Å²) in [7, 11) is -8.71. The zero-order chi connectivity index (χ0) is 17.9. The number of hydrogen-bond acceptors (Lipinski definition) is 7. The van der Waals surface area contributed by atoms with E-state index in [1.54, 1.807) is 0 Å². The predicted molar refractivity (Wildman–Crippen MR) is 88.7 cm³/mol.